The lowest BCUT2D eigenvalue weighted by Crippen LogP contribution is -2.17. The smallest absolute Gasteiger partial charge is 0.119 e. The lowest BCUT2D eigenvalue weighted by Gasteiger charge is -2.23. The van der Waals surface area contributed by atoms with Crippen LogP contribution in [-0.2, 0) is 0 Å². The Kier molecular flexibility index (Phi) is 6.58. The average Bonchev–Trinajstić information content (AvgIpc) is 2.48. The predicted octanol–water partition coefficient (Wildman–Crippen LogP) is 5.30. The summed E-state index contributed by atoms with van der Waals surface area (Å²) in [7, 11) is 0. The minimum atomic E-state index is -0.164. The Morgan fingerprint density at radius 1 is 1.25 bits per heavy atom. The topological polar surface area (TPSA) is 33.0 Å². The van der Waals surface area contributed by atoms with Gasteiger partial charge in [0.25, 0.3) is 0 Å². The van der Waals surface area contributed by atoms with Crippen LogP contribution in [0.15, 0.2) is 24.3 Å². The van der Waals surface area contributed by atoms with Crippen LogP contribution in [0.1, 0.15) is 64.9 Å². The summed E-state index contributed by atoms with van der Waals surface area (Å²) in [5, 5.41) is 9.30. The van der Waals surface area contributed by atoms with Crippen LogP contribution in [0.4, 0.5) is 0 Å². The third-order valence-electron chi connectivity index (χ3n) is 4.18. The molecule has 0 saturated carbocycles. The summed E-state index contributed by atoms with van der Waals surface area (Å²) in [5.41, 5.74) is 1.14. The van der Waals surface area contributed by atoms with E-state index in [0.29, 0.717) is 12.5 Å². The molecule has 0 atom stereocenters. The summed E-state index contributed by atoms with van der Waals surface area (Å²) in [6.07, 6.45) is 3.69. The quantitative estimate of drug-likeness (QED) is 0.602. The van der Waals surface area contributed by atoms with E-state index in [0.717, 1.165) is 31.4 Å². The molecule has 2 nitrogen and oxygen atoms in total. The van der Waals surface area contributed by atoms with Gasteiger partial charge in [-0.3, -0.25) is 0 Å². The molecule has 0 heterocycles. The lowest BCUT2D eigenvalue weighted by molar-refractivity contribution is 0.258. The van der Waals surface area contributed by atoms with E-state index < -0.39 is 0 Å². The minimum Gasteiger partial charge on any atom is -0.494 e. The summed E-state index contributed by atoms with van der Waals surface area (Å²) in [5.74, 6) is 1.46. The maximum absolute atomic E-state index is 9.30. The number of hydrogen-bond donors (Lipinski definition) is 0. The maximum Gasteiger partial charge on any atom is 0.119 e. The predicted molar refractivity (Wildman–Crippen MR) is 83.9 cm³/mol. The van der Waals surface area contributed by atoms with Gasteiger partial charge < -0.3 is 4.74 Å². The standard InChI is InChI=1S/C18H27NO/c1-5-18(6-2,14-19)11-8-12-20-17-10-7-9-16(13-17)15(3)4/h7,9-10,13,15H,5-6,8,11-12H2,1-4H3. The van der Waals surface area contributed by atoms with E-state index in [1.807, 2.05) is 12.1 Å². The van der Waals surface area contributed by atoms with E-state index in [9.17, 15) is 5.26 Å². The van der Waals surface area contributed by atoms with Crippen molar-refractivity contribution in [2.45, 2.75) is 59.3 Å². The molecule has 0 aliphatic carbocycles. The fourth-order valence-corrected chi connectivity index (χ4v) is 2.38. The Labute approximate surface area is 123 Å². The molecule has 1 aromatic carbocycles. The van der Waals surface area contributed by atoms with Crippen LogP contribution in [0.25, 0.3) is 0 Å². The van der Waals surface area contributed by atoms with Gasteiger partial charge in [0.05, 0.1) is 18.1 Å². The van der Waals surface area contributed by atoms with Gasteiger partial charge in [-0.05, 0) is 49.3 Å². The number of rotatable bonds is 8. The van der Waals surface area contributed by atoms with Crippen LogP contribution in [0, 0.1) is 16.7 Å². The zero-order valence-electron chi connectivity index (χ0n) is 13.3. The van der Waals surface area contributed by atoms with Crippen molar-refractivity contribution < 1.29 is 4.74 Å². The molecular weight excluding hydrogens is 246 g/mol. The van der Waals surface area contributed by atoms with Crippen LogP contribution in [-0.4, -0.2) is 6.61 Å². The van der Waals surface area contributed by atoms with Gasteiger partial charge in [-0.25, -0.2) is 0 Å². The molecule has 0 radical (unpaired) electrons. The molecule has 1 rings (SSSR count). The highest BCUT2D eigenvalue weighted by Crippen LogP contribution is 2.31. The van der Waals surface area contributed by atoms with Crippen molar-refractivity contribution in [1.29, 1.82) is 5.26 Å². The molecule has 2 heteroatoms. The van der Waals surface area contributed by atoms with Crippen molar-refractivity contribution in [3.8, 4) is 11.8 Å². The van der Waals surface area contributed by atoms with E-state index in [4.69, 9.17) is 4.74 Å². The molecule has 0 saturated heterocycles. The fraction of sp³-hybridized carbons (Fsp3) is 0.611. The summed E-state index contributed by atoms with van der Waals surface area (Å²) in [6.45, 7) is 9.25. The average molecular weight is 273 g/mol. The van der Waals surface area contributed by atoms with Crippen molar-refractivity contribution in [3.63, 3.8) is 0 Å². The Morgan fingerprint density at radius 3 is 2.50 bits per heavy atom. The summed E-state index contributed by atoms with van der Waals surface area (Å²) < 4.78 is 5.82. The molecule has 0 amide bonds. The van der Waals surface area contributed by atoms with Crippen molar-refractivity contribution in [1.82, 2.24) is 0 Å². The molecule has 1 aromatic rings. The first kappa shape index (κ1) is 16.6. The number of nitriles is 1. The SMILES string of the molecule is CCC(C#N)(CC)CCCOc1cccc(C(C)C)c1. The minimum absolute atomic E-state index is 0.164. The first-order chi connectivity index (χ1) is 9.56. The molecule has 110 valence electrons. The van der Waals surface area contributed by atoms with Crippen LogP contribution in [0.3, 0.4) is 0 Å². The second-order valence-corrected chi connectivity index (χ2v) is 5.78. The second-order valence-electron chi connectivity index (χ2n) is 5.78. The monoisotopic (exact) mass is 273 g/mol. The third-order valence-corrected chi connectivity index (χ3v) is 4.18. The fourth-order valence-electron chi connectivity index (χ4n) is 2.38. The Bertz CT molecular complexity index is 441. The second kappa shape index (κ2) is 7.94. The summed E-state index contributed by atoms with van der Waals surface area (Å²) in [6, 6.07) is 10.8. The Morgan fingerprint density at radius 2 is 1.95 bits per heavy atom. The van der Waals surface area contributed by atoms with Gasteiger partial charge in [0.15, 0.2) is 0 Å². The summed E-state index contributed by atoms with van der Waals surface area (Å²) >= 11 is 0. The first-order valence-corrected chi connectivity index (χ1v) is 7.71. The molecule has 0 bridgehead atoms. The Balaban J connectivity index is 2.45. The molecule has 20 heavy (non-hydrogen) atoms. The van der Waals surface area contributed by atoms with E-state index in [1.54, 1.807) is 0 Å². The zero-order valence-corrected chi connectivity index (χ0v) is 13.3. The largest absolute Gasteiger partial charge is 0.494 e. The number of ether oxygens (including phenoxy) is 1. The van der Waals surface area contributed by atoms with Gasteiger partial charge >= 0.3 is 0 Å². The zero-order chi connectivity index (χ0) is 15.0. The van der Waals surface area contributed by atoms with Crippen LogP contribution in [0.5, 0.6) is 5.75 Å². The number of benzene rings is 1. The number of hydrogen-bond acceptors (Lipinski definition) is 2. The normalized spacial score (nSPS) is 11.4. The van der Waals surface area contributed by atoms with Crippen molar-refractivity contribution in [2.24, 2.45) is 5.41 Å². The molecule has 0 N–H and O–H groups in total. The maximum atomic E-state index is 9.30. The highest BCUT2D eigenvalue weighted by Gasteiger charge is 2.24. The van der Waals surface area contributed by atoms with Crippen LogP contribution < -0.4 is 4.74 Å². The molecule has 0 spiro atoms. The highest BCUT2D eigenvalue weighted by atomic mass is 16.5. The molecule has 0 fully saturated rings. The molecule has 0 aliphatic heterocycles. The lowest BCUT2D eigenvalue weighted by atomic mass is 9.80. The van der Waals surface area contributed by atoms with Gasteiger partial charge in [-0.1, -0.05) is 39.8 Å². The van der Waals surface area contributed by atoms with E-state index in [1.165, 1.54) is 5.56 Å². The van der Waals surface area contributed by atoms with Gasteiger partial charge in [-0.2, -0.15) is 5.26 Å². The highest BCUT2D eigenvalue weighted by molar-refractivity contribution is 5.30. The molecule has 0 unspecified atom stereocenters. The van der Waals surface area contributed by atoms with E-state index in [-0.39, 0.29) is 5.41 Å². The van der Waals surface area contributed by atoms with Gasteiger partial charge in [0.1, 0.15) is 5.75 Å². The number of nitrogens with zero attached hydrogens (tertiary/aromatic N) is 1. The van der Waals surface area contributed by atoms with E-state index in [2.05, 4.69) is 45.9 Å². The molecule has 0 aromatic heterocycles. The van der Waals surface area contributed by atoms with Crippen LogP contribution in [0.2, 0.25) is 0 Å². The van der Waals surface area contributed by atoms with Crippen molar-refractivity contribution in [2.75, 3.05) is 6.61 Å². The molecular formula is C18H27NO. The first-order valence-electron chi connectivity index (χ1n) is 7.71. The Hall–Kier alpha value is -1.49. The van der Waals surface area contributed by atoms with Crippen molar-refractivity contribution in [3.05, 3.63) is 29.8 Å². The van der Waals surface area contributed by atoms with Gasteiger partial charge in [0, 0.05) is 0 Å². The van der Waals surface area contributed by atoms with E-state index >= 15 is 0 Å². The van der Waals surface area contributed by atoms with Crippen molar-refractivity contribution >= 4 is 0 Å². The molecule has 0 aliphatic rings. The van der Waals surface area contributed by atoms with Gasteiger partial charge in [-0.15, -0.1) is 0 Å². The van der Waals surface area contributed by atoms with Crippen LogP contribution >= 0.6 is 0 Å². The summed E-state index contributed by atoms with van der Waals surface area (Å²) in [4.78, 5) is 0. The third kappa shape index (κ3) is 4.56. The van der Waals surface area contributed by atoms with Gasteiger partial charge in [0.2, 0.25) is 0 Å².